The molecular formula is C33H57N5O17. The van der Waals surface area contributed by atoms with Crippen molar-refractivity contribution in [3.63, 3.8) is 0 Å². The summed E-state index contributed by atoms with van der Waals surface area (Å²) in [5, 5.41) is 18.8. The number of hydrogen-bond acceptors (Lipinski definition) is 15. The number of hydrogen-bond donors (Lipinski definition) is 6. The van der Waals surface area contributed by atoms with E-state index in [2.05, 4.69) is 27.3 Å². The van der Waals surface area contributed by atoms with Crippen molar-refractivity contribution in [3.8, 4) is 0 Å². The third-order valence-electron chi connectivity index (χ3n) is 4.55. The van der Waals surface area contributed by atoms with Crippen molar-refractivity contribution in [2.75, 3.05) is 28.3 Å². The summed E-state index contributed by atoms with van der Waals surface area (Å²) in [6.45, 7) is 10.5. The molecule has 0 aliphatic heterocycles. The van der Waals surface area contributed by atoms with Crippen LogP contribution in [-0.2, 0) is 71.9 Å². The van der Waals surface area contributed by atoms with Crippen molar-refractivity contribution in [2.24, 2.45) is 22.6 Å². The van der Waals surface area contributed by atoms with Gasteiger partial charge in [0, 0.05) is 21.1 Å². The number of rotatable bonds is 14. The highest BCUT2D eigenvalue weighted by Gasteiger charge is 2.35. The van der Waals surface area contributed by atoms with Crippen molar-refractivity contribution in [2.45, 2.75) is 93.9 Å². The largest absolute Gasteiger partial charge is 0.480 e. The highest BCUT2D eigenvalue weighted by Crippen LogP contribution is 2.14. The summed E-state index contributed by atoms with van der Waals surface area (Å²) in [5.41, 5.74) is 12.1. The first-order valence-corrected chi connectivity index (χ1v) is 15.4. The predicted octanol–water partition coefficient (Wildman–Crippen LogP) is -1.56. The zero-order chi connectivity index (χ0) is 45.8. The number of carbonyl (C=O) groups is 14. The van der Waals surface area contributed by atoms with Crippen molar-refractivity contribution in [1.82, 2.24) is 10.2 Å². The zero-order valence-corrected chi connectivity index (χ0v) is 33.4. The van der Waals surface area contributed by atoms with Crippen LogP contribution in [0.25, 0.3) is 0 Å². The molecule has 0 aromatic rings. The van der Waals surface area contributed by atoms with Gasteiger partial charge in [0.2, 0.25) is 29.5 Å². The van der Waals surface area contributed by atoms with Crippen molar-refractivity contribution < 1.29 is 82.1 Å². The van der Waals surface area contributed by atoms with Gasteiger partial charge in [0.15, 0.2) is 5.41 Å². The van der Waals surface area contributed by atoms with Crippen LogP contribution in [0.15, 0.2) is 0 Å². The van der Waals surface area contributed by atoms with Crippen LogP contribution in [0, 0.1) is 5.41 Å². The zero-order valence-electron chi connectivity index (χ0n) is 33.4. The van der Waals surface area contributed by atoms with Crippen LogP contribution in [0.2, 0.25) is 0 Å². The Morgan fingerprint density at radius 3 is 0.873 bits per heavy atom. The number of Topliss-reactive ketones (excluding diaryl/α,β-unsaturated/α-hetero) is 6. The Morgan fingerprint density at radius 1 is 0.527 bits per heavy atom. The van der Waals surface area contributed by atoms with Crippen LogP contribution in [-0.4, -0.2) is 126 Å². The number of nitrogens with one attached hydrogen (secondary N) is 1. The van der Waals surface area contributed by atoms with E-state index in [4.69, 9.17) is 10.2 Å². The minimum atomic E-state index is -1.67. The van der Waals surface area contributed by atoms with Gasteiger partial charge < -0.3 is 42.4 Å². The highest BCUT2D eigenvalue weighted by molar-refractivity contribution is 5.99. The van der Waals surface area contributed by atoms with Crippen LogP contribution < -0.4 is 22.5 Å². The summed E-state index contributed by atoms with van der Waals surface area (Å²) in [6.07, 6.45) is -0.514. The third-order valence-corrected chi connectivity index (χ3v) is 4.55. The van der Waals surface area contributed by atoms with E-state index in [-0.39, 0.29) is 85.0 Å². The van der Waals surface area contributed by atoms with Gasteiger partial charge in [-0.05, 0) is 55.4 Å². The minimum Gasteiger partial charge on any atom is -0.480 e. The molecule has 9 N–H and O–H groups in total. The average molecular weight is 796 g/mol. The molecular weight excluding hydrogens is 738 g/mol. The molecule has 22 nitrogen and oxygen atoms in total. The van der Waals surface area contributed by atoms with Crippen molar-refractivity contribution >= 4 is 82.1 Å². The Balaban J connectivity index is -0.0000000980. The van der Waals surface area contributed by atoms with E-state index in [9.17, 15) is 67.1 Å². The molecule has 0 aliphatic carbocycles. The first kappa shape index (κ1) is 63.8. The van der Waals surface area contributed by atoms with Crippen molar-refractivity contribution in [1.29, 1.82) is 0 Å². The van der Waals surface area contributed by atoms with Gasteiger partial charge in [-0.15, -0.1) is 0 Å². The van der Waals surface area contributed by atoms with Crippen LogP contribution in [0.5, 0.6) is 0 Å². The molecule has 0 aromatic heterocycles. The van der Waals surface area contributed by atoms with E-state index >= 15 is 0 Å². The van der Waals surface area contributed by atoms with E-state index in [0.29, 0.717) is 0 Å². The number of ketones is 6. The molecule has 5 amide bonds. The lowest BCUT2D eigenvalue weighted by Gasteiger charge is -2.10. The topological polar surface area (TPSA) is 382 Å². The molecule has 0 heterocycles. The first-order valence-electron chi connectivity index (χ1n) is 15.4. The molecule has 0 radical (unpaired) electrons. The summed E-state index contributed by atoms with van der Waals surface area (Å²) >= 11 is 0. The molecule has 0 saturated carbocycles. The van der Waals surface area contributed by atoms with Crippen LogP contribution in [0.1, 0.15) is 93.9 Å². The summed E-state index contributed by atoms with van der Waals surface area (Å²) in [6, 6.07) is 0. The molecule has 0 atom stereocenters. The predicted molar refractivity (Wildman–Crippen MR) is 193 cm³/mol. The van der Waals surface area contributed by atoms with E-state index in [1.807, 2.05) is 0 Å². The molecule has 0 bridgehead atoms. The molecule has 0 aromatic carbocycles. The lowest BCUT2D eigenvalue weighted by molar-refractivity contribution is -0.162. The van der Waals surface area contributed by atoms with Gasteiger partial charge in [-0.3, -0.25) is 67.1 Å². The fraction of sp³-hybridized carbons (Fsp3) is 0.576. The van der Waals surface area contributed by atoms with Gasteiger partial charge in [-0.25, -0.2) is 0 Å². The van der Waals surface area contributed by atoms with E-state index in [1.54, 1.807) is 14.1 Å². The molecule has 0 aliphatic rings. The van der Waals surface area contributed by atoms with Gasteiger partial charge in [0.05, 0.1) is 32.8 Å². The third kappa shape index (κ3) is 70.2. The Kier molecular flexibility index (Phi) is 43.5. The number of carbonyl (C=O) groups excluding carboxylic acids is 12. The first-order chi connectivity index (χ1) is 24.6. The summed E-state index contributed by atoms with van der Waals surface area (Å²) in [7, 11) is 6.02. The van der Waals surface area contributed by atoms with Crippen molar-refractivity contribution in [3.05, 3.63) is 0 Å². The fourth-order valence-corrected chi connectivity index (χ4v) is 1.82. The minimum absolute atomic E-state index is 0.00347. The molecule has 0 fully saturated rings. The maximum Gasteiger partial charge on any atom is 0.320 e. The molecule has 0 unspecified atom stereocenters. The van der Waals surface area contributed by atoms with Crippen LogP contribution >= 0.6 is 0 Å². The summed E-state index contributed by atoms with van der Waals surface area (Å²) < 4.78 is 4.20. The molecule has 22 heteroatoms. The van der Waals surface area contributed by atoms with Gasteiger partial charge in [0.25, 0.3) is 0 Å². The molecule has 0 saturated heterocycles. The van der Waals surface area contributed by atoms with Gasteiger partial charge in [-0.1, -0.05) is 0 Å². The molecule has 0 spiro atoms. The summed E-state index contributed by atoms with van der Waals surface area (Å²) in [5.74, 6) is -6.10. The number of carboxylic acid groups (broad SMARTS) is 2. The normalized spacial score (nSPS) is 8.73. The molecule has 316 valence electrons. The average Bonchev–Trinajstić information content (AvgIpc) is 2.95. The second-order valence-corrected chi connectivity index (χ2v) is 11.4. The van der Waals surface area contributed by atoms with E-state index in [0.717, 1.165) is 13.8 Å². The lowest BCUT2D eigenvalue weighted by Crippen LogP contribution is -2.32. The van der Waals surface area contributed by atoms with E-state index in [1.165, 1.54) is 60.6 Å². The number of esters is 1. The van der Waals surface area contributed by atoms with E-state index < -0.39 is 41.0 Å². The Labute approximate surface area is 319 Å². The maximum absolute atomic E-state index is 10.7. The summed E-state index contributed by atoms with van der Waals surface area (Å²) in [4.78, 5) is 143. The van der Waals surface area contributed by atoms with Crippen LogP contribution in [0.4, 0.5) is 0 Å². The second kappa shape index (κ2) is 37.5. The Bertz CT molecular complexity index is 1210. The monoisotopic (exact) mass is 795 g/mol. The number of carboxylic acids is 2. The number of nitrogens with two attached hydrogens (primary N) is 3. The number of aliphatic carboxylic acids is 2. The highest BCUT2D eigenvalue weighted by atomic mass is 16.5. The number of methoxy groups -OCH3 is 1. The number of ether oxygens (including phenoxy) is 1. The van der Waals surface area contributed by atoms with Gasteiger partial charge in [0.1, 0.15) is 47.5 Å². The van der Waals surface area contributed by atoms with Gasteiger partial charge in [-0.2, -0.15) is 0 Å². The number of primary amides is 3. The standard InChI is InChI=1S/C6H11NO2.C5H9NO2.C5H8O4.C5H8O3.C5H8O2.C4H7NO2.C3H6N2O2/c1-5(8)4-6(9)7(2)3;1-4(7)3-5(8)6-2;1-5(2,3(6)7)4(8)9;1-4(6)3-5(7)8-2;1-4(6)3-5(2)7;1-3(6)2-4(5)7;4-2(6)1-3(5)7/h4H2,1-3H3;3H2,1-2H3,(H,6,8);1-2H3,(H,6,7)(H,8,9);3H2,1-2H3;3H2,1-2H3;2H2,1H3,(H2,5,7);1H2,(H2,4,6)(H2,5,7). The van der Waals surface area contributed by atoms with Gasteiger partial charge >= 0.3 is 17.9 Å². The number of amides is 5. The fourth-order valence-electron chi connectivity index (χ4n) is 1.82. The Morgan fingerprint density at radius 2 is 0.818 bits per heavy atom. The smallest absolute Gasteiger partial charge is 0.320 e. The quantitative estimate of drug-likeness (QED) is 0.0855. The molecule has 55 heavy (non-hydrogen) atoms. The maximum atomic E-state index is 10.7. The SMILES string of the molecule is CC(=O)CC(=O)N(C)C.CC(=O)CC(C)=O.CC(=O)CC(N)=O.CC(C)(C(=O)O)C(=O)O.CNC(=O)CC(C)=O.COC(=O)CC(C)=O.NC(=O)CC(N)=O. The Hall–Kier alpha value is -6.22. The lowest BCUT2D eigenvalue weighted by atomic mass is 9.95. The van der Waals surface area contributed by atoms with Crippen LogP contribution in [0.3, 0.4) is 0 Å². The second-order valence-electron chi connectivity index (χ2n) is 11.4. The molecule has 0 rings (SSSR count). The number of nitrogens with zero attached hydrogens (tertiary/aromatic N) is 1.